The lowest BCUT2D eigenvalue weighted by atomic mass is 10.1. The number of amides is 2. The lowest BCUT2D eigenvalue weighted by molar-refractivity contribution is -0.133. The summed E-state index contributed by atoms with van der Waals surface area (Å²) in [5, 5.41) is 2.88. The minimum Gasteiger partial charge on any atom is -0.461 e. The number of hydrogen-bond donors (Lipinski definition) is 1. The van der Waals surface area contributed by atoms with Crippen LogP contribution in [0.5, 0.6) is 0 Å². The van der Waals surface area contributed by atoms with Gasteiger partial charge >= 0.3 is 0 Å². The first-order valence-electron chi connectivity index (χ1n) is 9.67. The number of carbonyl (C=O) groups is 2. The number of carbonyl (C=O) groups excluding carboxylic acids is 2. The first-order valence-corrected chi connectivity index (χ1v) is 9.67. The van der Waals surface area contributed by atoms with Gasteiger partial charge in [-0.2, -0.15) is 0 Å². The second kappa shape index (κ2) is 9.24. The molecule has 0 radical (unpaired) electrons. The number of anilines is 1. The largest absolute Gasteiger partial charge is 0.461 e. The number of likely N-dealkylation sites (N-methyl/N-ethyl adjacent to an activating group) is 1. The summed E-state index contributed by atoms with van der Waals surface area (Å²) >= 11 is 0. The minimum atomic E-state index is -0.209. The molecule has 0 aliphatic rings. The molecule has 1 N–H and O–H groups in total. The van der Waals surface area contributed by atoms with Crippen LogP contribution >= 0.6 is 0 Å². The maximum Gasteiger partial charge on any atom is 0.243 e. The van der Waals surface area contributed by atoms with Crippen molar-refractivity contribution in [3.8, 4) is 11.3 Å². The van der Waals surface area contributed by atoms with Gasteiger partial charge in [-0.05, 0) is 43.2 Å². The predicted octanol–water partition coefficient (Wildman–Crippen LogP) is 4.59. The Labute approximate surface area is 171 Å². The van der Waals surface area contributed by atoms with Crippen LogP contribution in [0.3, 0.4) is 0 Å². The van der Waals surface area contributed by atoms with E-state index in [1.165, 1.54) is 4.90 Å². The molecule has 1 aromatic heterocycles. The van der Waals surface area contributed by atoms with Gasteiger partial charge in [0, 0.05) is 31.1 Å². The van der Waals surface area contributed by atoms with Crippen LogP contribution in [0.2, 0.25) is 0 Å². The molecular weight excluding hydrogens is 364 g/mol. The first kappa shape index (κ1) is 20.4. The van der Waals surface area contributed by atoms with Gasteiger partial charge in [0.2, 0.25) is 11.8 Å². The molecule has 150 valence electrons. The van der Waals surface area contributed by atoms with Crippen LogP contribution in [0.15, 0.2) is 65.1 Å². The normalized spacial score (nSPS) is 10.6. The zero-order valence-electron chi connectivity index (χ0n) is 17.1. The van der Waals surface area contributed by atoms with Crippen molar-refractivity contribution in [3.63, 3.8) is 0 Å². The van der Waals surface area contributed by atoms with E-state index in [-0.39, 0.29) is 24.8 Å². The summed E-state index contributed by atoms with van der Waals surface area (Å²) in [4.78, 5) is 26.2. The third-order valence-electron chi connectivity index (χ3n) is 4.78. The van der Waals surface area contributed by atoms with Crippen LogP contribution in [-0.4, -0.2) is 30.3 Å². The average molecular weight is 390 g/mol. The number of nitrogens with zero attached hydrogens (tertiary/aromatic N) is 1. The van der Waals surface area contributed by atoms with Crippen molar-refractivity contribution in [2.24, 2.45) is 0 Å². The van der Waals surface area contributed by atoms with Gasteiger partial charge in [-0.3, -0.25) is 9.59 Å². The van der Waals surface area contributed by atoms with Crippen molar-refractivity contribution in [3.05, 3.63) is 77.6 Å². The SMILES string of the molecule is Cc1ccc(C)c(NC(=O)CN(C)C(=O)CCc2ccc(-c3ccccc3)o2)c1. The Morgan fingerprint density at radius 3 is 2.52 bits per heavy atom. The molecule has 0 bridgehead atoms. The van der Waals surface area contributed by atoms with Crippen LogP contribution in [0.1, 0.15) is 23.3 Å². The first-order chi connectivity index (χ1) is 13.9. The molecular formula is C24H26N2O3. The van der Waals surface area contributed by atoms with Gasteiger partial charge in [0.25, 0.3) is 0 Å². The topological polar surface area (TPSA) is 62.6 Å². The molecule has 1 heterocycles. The van der Waals surface area contributed by atoms with Gasteiger partial charge in [-0.25, -0.2) is 0 Å². The highest BCUT2D eigenvalue weighted by Crippen LogP contribution is 2.22. The molecule has 2 aromatic carbocycles. The predicted molar refractivity (Wildman–Crippen MR) is 115 cm³/mol. The van der Waals surface area contributed by atoms with Crippen molar-refractivity contribution in [1.82, 2.24) is 4.90 Å². The third kappa shape index (κ3) is 5.57. The zero-order valence-corrected chi connectivity index (χ0v) is 17.1. The average Bonchev–Trinajstić information content (AvgIpc) is 3.18. The number of benzene rings is 2. The highest BCUT2D eigenvalue weighted by Gasteiger charge is 2.15. The molecule has 3 aromatic rings. The van der Waals surface area contributed by atoms with Crippen molar-refractivity contribution in [1.29, 1.82) is 0 Å². The Hall–Kier alpha value is -3.34. The van der Waals surface area contributed by atoms with E-state index >= 15 is 0 Å². The van der Waals surface area contributed by atoms with Crippen LogP contribution in [0, 0.1) is 13.8 Å². The van der Waals surface area contributed by atoms with E-state index < -0.39 is 0 Å². The van der Waals surface area contributed by atoms with Gasteiger partial charge in [0.15, 0.2) is 0 Å². The summed E-state index contributed by atoms with van der Waals surface area (Å²) in [7, 11) is 1.64. The summed E-state index contributed by atoms with van der Waals surface area (Å²) in [6, 6.07) is 19.5. The molecule has 0 saturated heterocycles. The fraction of sp³-hybridized carbons (Fsp3) is 0.250. The van der Waals surface area contributed by atoms with E-state index in [0.717, 1.165) is 33.9 Å². The molecule has 0 saturated carbocycles. The molecule has 0 atom stereocenters. The molecule has 5 heteroatoms. The number of aryl methyl sites for hydroxylation is 3. The monoisotopic (exact) mass is 390 g/mol. The molecule has 5 nitrogen and oxygen atoms in total. The maximum atomic E-state index is 12.4. The second-order valence-electron chi connectivity index (χ2n) is 7.25. The number of rotatable bonds is 7. The van der Waals surface area contributed by atoms with Crippen molar-refractivity contribution >= 4 is 17.5 Å². The summed E-state index contributed by atoms with van der Waals surface area (Å²) in [6.45, 7) is 3.93. The van der Waals surface area contributed by atoms with Crippen molar-refractivity contribution in [2.45, 2.75) is 26.7 Å². The quantitative estimate of drug-likeness (QED) is 0.642. The number of nitrogens with one attached hydrogen (secondary N) is 1. The van der Waals surface area contributed by atoms with E-state index in [1.54, 1.807) is 7.05 Å². The molecule has 0 aliphatic heterocycles. The third-order valence-corrected chi connectivity index (χ3v) is 4.78. The summed E-state index contributed by atoms with van der Waals surface area (Å²) in [6.07, 6.45) is 0.781. The van der Waals surface area contributed by atoms with Crippen LogP contribution in [-0.2, 0) is 16.0 Å². The Balaban J connectivity index is 1.50. The lowest BCUT2D eigenvalue weighted by Gasteiger charge is -2.17. The Bertz CT molecular complexity index is 992. The van der Waals surface area contributed by atoms with Crippen LogP contribution < -0.4 is 5.32 Å². The highest BCUT2D eigenvalue weighted by atomic mass is 16.3. The zero-order chi connectivity index (χ0) is 20.8. The van der Waals surface area contributed by atoms with E-state index in [9.17, 15) is 9.59 Å². The molecule has 29 heavy (non-hydrogen) atoms. The van der Waals surface area contributed by atoms with Gasteiger partial charge < -0.3 is 14.6 Å². The Morgan fingerprint density at radius 1 is 1.00 bits per heavy atom. The summed E-state index contributed by atoms with van der Waals surface area (Å²) in [5.74, 6) is 1.23. The smallest absolute Gasteiger partial charge is 0.243 e. The maximum absolute atomic E-state index is 12.4. The van der Waals surface area contributed by atoms with E-state index in [4.69, 9.17) is 4.42 Å². The van der Waals surface area contributed by atoms with E-state index in [2.05, 4.69) is 5.32 Å². The fourth-order valence-electron chi connectivity index (χ4n) is 3.05. The fourth-order valence-corrected chi connectivity index (χ4v) is 3.05. The molecule has 0 spiro atoms. The van der Waals surface area contributed by atoms with Crippen LogP contribution in [0.4, 0.5) is 5.69 Å². The van der Waals surface area contributed by atoms with Crippen molar-refractivity contribution in [2.75, 3.05) is 18.9 Å². The summed E-state index contributed by atoms with van der Waals surface area (Å²) < 4.78 is 5.83. The van der Waals surface area contributed by atoms with Gasteiger partial charge in [0.05, 0.1) is 6.54 Å². The molecule has 0 aliphatic carbocycles. The van der Waals surface area contributed by atoms with Gasteiger partial charge in [-0.15, -0.1) is 0 Å². The Kier molecular flexibility index (Phi) is 6.50. The molecule has 3 rings (SSSR count). The standard InChI is InChI=1S/C24H26N2O3/c1-17-9-10-18(2)21(15-17)25-23(27)16-26(3)24(28)14-12-20-11-13-22(29-20)19-7-5-4-6-8-19/h4-11,13,15H,12,14,16H2,1-3H3,(H,25,27). The van der Waals surface area contributed by atoms with Crippen LogP contribution in [0.25, 0.3) is 11.3 Å². The van der Waals surface area contributed by atoms with Gasteiger partial charge in [0.1, 0.15) is 11.5 Å². The lowest BCUT2D eigenvalue weighted by Crippen LogP contribution is -2.35. The molecule has 0 fully saturated rings. The highest BCUT2D eigenvalue weighted by molar-refractivity contribution is 5.95. The van der Waals surface area contributed by atoms with E-state index in [0.29, 0.717) is 6.42 Å². The van der Waals surface area contributed by atoms with E-state index in [1.807, 2.05) is 74.5 Å². The minimum absolute atomic E-state index is 0.0135. The number of hydrogen-bond acceptors (Lipinski definition) is 3. The molecule has 2 amide bonds. The Morgan fingerprint density at radius 2 is 1.76 bits per heavy atom. The van der Waals surface area contributed by atoms with Gasteiger partial charge in [-0.1, -0.05) is 42.5 Å². The second-order valence-corrected chi connectivity index (χ2v) is 7.25. The molecule has 0 unspecified atom stereocenters. The number of furan rings is 1. The van der Waals surface area contributed by atoms with Crippen molar-refractivity contribution < 1.29 is 14.0 Å². The summed E-state index contributed by atoms with van der Waals surface area (Å²) in [5.41, 5.74) is 3.85.